The predicted molar refractivity (Wildman–Crippen MR) is 182 cm³/mol. The smallest absolute Gasteiger partial charge is 0.175 e. The molecule has 0 saturated carbocycles. The van der Waals surface area contributed by atoms with Gasteiger partial charge in [0.2, 0.25) is 0 Å². The second-order valence-corrected chi connectivity index (χ2v) is 14.1. The highest BCUT2D eigenvalue weighted by Crippen LogP contribution is 2.51. The molecule has 0 bridgehead atoms. The van der Waals surface area contributed by atoms with Gasteiger partial charge in [-0.15, -0.1) is 0 Å². The first kappa shape index (κ1) is 25.2. The molecule has 0 spiro atoms. The second kappa shape index (κ2) is 9.34. The highest BCUT2D eigenvalue weighted by Gasteiger charge is 2.39. The number of rotatable bonds is 3. The minimum atomic E-state index is -3.25. The van der Waals surface area contributed by atoms with E-state index in [9.17, 15) is 0 Å². The summed E-state index contributed by atoms with van der Waals surface area (Å²) in [5.41, 5.74) is 7.17. The summed E-state index contributed by atoms with van der Waals surface area (Å²) in [5, 5.41) is 7.14. The molecule has 0 saturated heterocycles. The van der Waals surface area contributed by atoms with Crippen LogP contribution in [0.1, 0.15) is 5.82 Å². The van der Waals surface area contributed by atoms with Crippen LogP contribution in [0.25, 0.3) is 60.5 Å². The van der Waals surface area contributed by atoms with Crippen molar-refractivity contribution in [3.05, 3.63) is 146 Å². The number of para-hydroxylation sites is 1. The normalized spacial score (nSPS) is 15.6. The Balaban J connectivity index is 1.41. The molecule has 0 amide bonds. The van der Waals surface area contributed by atoms with Gasteiger partial charge in [0.15, 0.2) is 7.14 Å². The highest BCUT2D eigenvalue weighted by atomic mass is 31.2. The van der Waals surface area contributed by atoms with E-state index >= 15 is 4.57 Å². The van der Waals surface area contributed by atoms with E-state index in [0.717, 1.165) is 76.7 Å². The first-order valence-electron chi connectivity index (χ1n) is 14.8. The van der Waals surface area contributed by atoms with Crippen molar-refractivity contribution in [1.82, 2.24) is 14.5 Å². The zero-order valence-electron chi connectivity index (χ0n) is 24.0. The number of pyridine rings is 1. The van der Waals surface area contributed by atoms with Crippen molar-refractivity contribution in [3.63, 3.8) is 0 Å². The molecule has 1 aliphatic rings. The summed E-state index contributed by atoms with van der Waals surface area (Å²) in [6, 6.07) is 43.8. The fourth-order valence-electron chi connectivity index (χ4n) is 7.20. The van der Waals surface area contributed by atoms with E-state index in [1.165, 1.54) is 5.56 Å². The molecule has 8 aromatic rings. The minimum Gasteiger partial charge on any atom is -0.308 e. The zero-order chi connectivity index (χ0) is 29.4. The van der Waals surface area contributed by atoms with Gasteiger partial charge in [-0.05, 0) is 75.5 Å². The maximum atomic E-state index is 15.8. The minimum absolute atomic E-state index is 0.831. The average Bonchev–Trinajstić information content (AvgIpc) is 3.42. The van der Waals surface area contributed by atoms with Gasteiger partial charge in [-0.1, -0.05) is 97.1 Å². The second-order valence-electron chi connectivity index (χ2n) is 11.4. The number of aromatic nitrogens is 3. The first-order valence-corrected chi connectivity index (χ1v) is 16.5. The van der Waals surface area contributed by atoms with Crippen LogP contribution in [0.15, 0.2) is 140 Å². The maximum absolute atomic E-state index is 15.8. The number of imidazole rings is 1. The van der Waals surface area contributed by atoms with Crippen LogP contribution in [-0.2, 0) is 4.57 Å². The molecule has 3 heterocycles. The van der Waals surface area contributed by atoms with Gasteiger partial charge in [0.05, 0.1) is 16.7 Å². The van der Waals surface area contributed by atoms with Gasteiger partial charge >= 0.3 is 0 Å². The van der Waals surface area contributed by atoms with Gasteiger partial charge in [-0.2, -0.15) is 0 Å². The van der Waals surface area contributed by atoms with Gasteiger partial charge < -0.3 is 4.57 Å². The van der Waals surface area contributed by atoms with Crippen LogP contribution in [0.3, 0.4) is 0 Å². The van der Waals surface area contributed by atoms with Crippen LogP contribution >= 0.6 is 7.14 Å². The topological polar surface area (TPSA) is 47.8 Å². The molecular weight excluding hydrogens is 557 g/mol. The molecule has 1 atom stereocenters. The number of aryl methyl sites for hydroxylation is 1. The van der Waals surface area contributed by atoms with Gasteiger partial charge in [-0.25, -0.2) is 4.98 Å². The van der Waals surface area contributed by atoms with Crippen LogP contribution in [0.2, 0.25) is 0 Å². The number of nitrogens with zero attached hydrogens (tertiary/aromatic N) is 3. The lowest BCUT2D eigenvalue weighted by Crippen LogP contribution is -2.33. The average molecular weight is 584 g/mol. The number of benzene rings is 6. The Hall–Kier alpha value is -5.31. The lowest BCUT2D eigenvalue weighted by molar-refractivity contribution is 0.592. The summed E-state index contributed by atoms with van der Waals surface area (Å²) in [4.78, 5) is 9.33. The molecule has 0 radical (unpaired) electrons. The lowest BCUT2D eigenvalue weighted by atomic mass is 9.86. The third-order valence-electron chi connectivity index (χ3n) is 9.01. The molecule has 44 heavy (non-hydrogen) atoms. The van der Waals surface area contributed by atoms with Crippen LogP contribution in [-0.4, -0.2) is 14.5 Å². The van der Waals surface area contributed by atoms with Gasteiger partial charge in [-0.3, -0.25) is 9.55 Å². The molecule has 5 heteroatoms. The van der Waals surface area contributed by atoms with E-state index in [2.05, 4.69) is 82.3 Å². The first-order chi connectivity index (χ1) is 21.6. The fraction of sp³-hybridized carbons (Fsp3) is 0.0256. The molecule has 1 unspecified atom stereocenters. The van der Waals surface area contributed by atoms with Crippen molar-refractivity contribution >= 4 is 55.6 Å². The van der Waals surface area contributed by atoms with Gasteiger partial charge in [0, 0.05) is 33.9 Å². The third kappa shape index (κ3) is 3.37. The SMILES string of the molecule is Cc1nc2cccc3c2n1-c1ccc(-c2c4ccccc4c(-c4cccnc4)c4ccccc24)cc1P3(=O)c1ccccc1. The summed E-state index contributed by atoms with van der Waals surface area (Å²) in [7, 11) is -3.25. The predicted octanol–water partition coefficient (Wildman–Crippen LogP) is 8.32. The summed E-state index contributed by atoms with van der Waals surface area (Å²) in [6.45, 7) is 2.03. The quantitative estimate of drug-likeness (QED) is 0.155. The van der Waals surface area contributed by atoms with E-state index in [4.69, 9.17) is 4.98 Å². The molecule has 0 fully saturated rings. The monoisotopic (exact) mass is 583 g/mol. The Morgan fingerprint density at radius 2 is 1.27 bits per heavy atom. The molecule has 1 aliphatic heterocycles. The summed E-state index contributed by atoms with van der Waals surface area (Å²) in [6.07, 6.45) is 3.75. The third-order valence-corrected chi connectivity index (χ3v) is 12.1. The van der Waals surface area contributed by atoms with Crippen LogP contribution < -0.4 is 15.9 Å². The molecule has 208 valence electrons. The van der Waals surface area contributed by atoms with Crippen LogP contribution in [0.4, 0.5) is 0 Å². The Labute approximate surface area is 254 Å². The number of fused-ring (bicyclic) bond motifs is 4. The van der Waals surface area contributed by atoms with E-state index in [-0.39, 0.29) is 0 Å². The highest BCUT2D eigenvalue weighted by molar-refractivity contribution is 7.86. The number of hydrogen-bond acceptors (Lipinski definition) is 3. The zero-order valence-corrected chi connectivity index (χ0v) is 24.9. The largest absolute Gasteiger partial charge is 0.308 e. The van der Waals surface area contributed by atoms with Crippen LogP contribution in [0.5, 0.6) is 0 Å². The van der Waals surface area contributed by atoms with E-state index in [0.29, 0.717) is 0 Å². The lowest BCUT2D eigenvalue weighted by Gasteiger charge is -2.29. The summed E-state index contributed by atoms with van der Waals surface area (Å²) < 4.78 is 18.0. The van der Waals surface area contributed by atoms with E-state index in [1.807, 2.05) is 73.9 Å². The molecule has 0 aliphatic carbocycles. The van der Waals surface area contributed by atoms with Crippen molar-refractivity contribution in [3.8, 4) is 27.9 Å². The van der Waals surface area contributed by atoms with Crippen molar-refractivity contribution < 1.29 is 4.57 Å². The Morgan fingerprint density at radius 1 is 0.614 bits per heavy atom. The fourth-order valence-corrected chi connectivity index (χ4v) is 10.2. The van der Waals surface area contributed by atoms with Gasteiger partial charge in [0.25, 0.3) is 0 Å². The van der Waals surface area contributed by atoms with Crippen LogP contribution in [0, 0.1) is 6.92 Å². The molecule has 0 N–H and O–H groups in total. The summed E-state index contributed by atoms with van der Waals surface area (Å²) in [5.74, 6) is 0.887. The summed E-state index contributed by atoms with van der Waals surface area (Å²) >= 11 is 0. The van der Waals surface area contributed by atoms with Crippen molar-refractivity contribution in [2.75, 3.05) is 0 Å². The maximum Gasteiger partial charge on any atom is 0.175 e. The van der Waals surface area contributed by atoms with Gasteiger partial charge in [0.1, 0.15) is 5.82 Å². The standard InChI is InChI=1S/C39H26N3OP/c1-25-41-33-18-9-19-35-39(33)42(25)34-21-20-26(23-36(34)44(35,43)28-12-3-2-4-13-28)37-29-14-5-7-16-31(29)38(27-11-10-22-40-24-27)32-17-8-6-15-30(32)37/h2-24H,1H3. The molecule has 6 aromatic carbocycles. The van der Waals surface area contributed by atoms with Crippen molar-refractivity contribution in [2.24, 2.45) is 0 Å². The van der Waals surface area contributed by atoms with Crippen molar-refractivity contribution in [2.45, 2.75) is 6.92 Å². The molecule has 2 aromatic heterocycles. The molecule has 4 nitrogen and oxygen atoms in total. The Bertz CT molecular complexity index is 2430. The Morgan fingerprint density at radius 3 is 1.93 bits per heavy atom. The molecule has 9 rings (SSSR count). The Kier molecular flexibility index (Phi) is 5.35. The number of hydrogen-bond donors (Lipinski definition) is 0. The van der Waals surface area contributed by atoms with E-state index in [1.54, 1.807) is 0 Å². The van der Waals surface area contributed by atoms with Crippen molar-refractivity contribution in [1.29, 1.82) is 0 Å². The van der Waals surface area contributed by atoms with E-state index < -0.39 is 7.14 Å². The molecular formula is C39H26N3OP.